The third kappa shape index (κ3) is 5.19. The smallest absolute Gasteiger partial charge is 0.333 e. The predicted molar refractivity (Wildman–Crippen MR) is 134 cm³/mol. The van der Waals surface area contributed by atoms with Crippen molar-refractivity contribution in [2.75, 3.05) is 11.5 Å². The van der Waals surface area contributed by atoms with E-state index in [4.69, 9.17) is 32.7 Å². The van der Waals surface area contributed by atoms with Gasteiger partial charge in [-0.15, -0.1) is 0 Å². The number of anilines is 1. The number of hydrogen-bond donors (Lipinski definition) is 1. The number of nitrogens with one attached hydrogen (secondary N) is 1. The standard InChI is InChI=1S/C26H22Cl2N2O4/c1-3-33-23-13-18(11-21(28)24(23)34-15-17-7-4-6-16(2)10-17)12-22-25(31)30(26(32)29-22)20-9-5-8-19(27)14-20/h4-14H,3,15H2,1-2H3,(H,29,32)/b22-12+. The topological polar surface area (TPSA) is 67.9 Å². The summed E-state index contributed by atoms with van der Waals surface area (Å²) in [4.78, 5) is 26.4. The van der Waals surface area contributed by atoms with Crippen LogP contribution in [0, 0.1) is 6.92 Å². The van der Waals surface area contributed by atoms with Gasteiger partial charge in [0.25, 0.3) is 5.91 Å². The van der Waals surface area contributed by atoms with Crippen molar-refractivity contribution >= 4 is 46.9 Å². The molecular formula is C26H22Cl2N2O4. The Labute approximate surface area is 207 Å². The molecule has 4 rings (SSSR count). The van der Waals surface area contributed by atoms with Crippen LogP contribution < -0.4 is 19.7 Å². The highest BCUT2D eigenvalue weighted by molar-refractivity contribution is 6.33. The summed E-state index contributed by atoms with van der Waals surface area (Å²) in [5.41, 5.74) is 3.20. The minimum atomic E-state index is -0.562. The minimum absolute atomic E-state index is 0.108. The largest absolute Gasteiger partial charge is 0.490 e. The molecule has 1 fully saturated rings. The number of amides is 3. The third-order valence-electron chi connectivity index (χ3n) is 5.05. The van der Waals surface area contributed by atoms with Gasteiger partial charge in [0.2, 0.25) is 0 Å². The summed E-state index contributed by atoms with van der Waals surface area (Å²) < 4.78 is 11.7. The molecular weight excluding hydrogens is 475 g/mol. The zero-order chi connectivity index (χ0) is 24.2. The van der Waals surface area contributed by atoms with Gasteiger partial charge < -0.3 is 14.8 Å². The Bertz CT molecular complexity index is 1290. The molecule has 0 spiro atoms. The van der Waals surface area contributed by atoms with Crippen molar-refractivity contribution in [3.05, 3.63) is 93.1 Å². The summed E-state index contributed by atoms with van der Waals surface area (Å²) in [5, 5.41) is 3.35. The maximum atomic E-state index is 12.9. The van der Waals surface area contributed by atoms with Crippen LogP contribution in [0.25, 0.3) is 6.08 Å². The number of ether oxygens (including phenoxy) is 2. The summed E-state index contributed by atoms with van der Waals surface area (Å²) in [6.45, 7) is 4.59. The molecule has 0 unspecified atom stereocenters. The highest BCUT2D eigenvalue weighted by Crippen LogP contribution is 2.38. The zero-order valence-corrected chi connectivity index (χ0v) is 20.1. The van der Waals surface area contributed by atoms with Crippen LogP contribution in [0.4, 0.5) is 10.5 Å². The second kappa shape index (κ2) is 10.2. The third-order valence-corrected chi connectivity index (χ3v) is 5.57. The van der Waals surface area contributed by atoms with E-state index < -0.39 is 11.9 Å². The Morgan fingerprint density at radius 3 is 2.53 bits per heavy atom. The average molecular weight is 497 g/mol. The zero-order valence-electron chi connectivity index (χ0n) is 18.6. The quantitative estimate of drug-likeness (QED) is 0.304. The molecule has 0 radical (unpaired) electrons. The first-order chi connectivity index (χ1) is 16.4. The molecule has 0 atom stereocenters. The first kappa shape index (κ1) is 23.7. The Kier molecular flexibility index (Phi) is 7.10. The fraction of sp³-hybridized carbons (Fsp3) is 0.154. The number of benzene rings is 3. The lowest BCUT2D eigenvalue weighted by molar-refractivity contribution is -0.113. The van der Waals surface area contributed by atoms with Crippen LogP contribution in [0.1, 0.15) is 23.6 Å². The van der Waals surface area contributed by atoms with Gasteiger partial charge in [-0.25, -0.2) is 9.69 Å². The van der Waals surface area contributed by atoms with E-state index in [2.05, 4.69) is 5.32 Å². The second-order valence-corrected chi connectivity index (χ2v) is 8.49. The number of aryl methyl sites for hydroxylation is 1. The van der Waals surface area contributed by atoms with Crippen molar-refractivity contribution in [2.45, 2.75) is 20.5 Å². The van der Waals surface area contributed by atoms with E-state index in [9.17, 15) is 9.59 Å². The summed E-state index contributed by atoms with van der Waals surface area (Å²) in [7, 11) is 0. The SMILES string of the molecule is CCOc1cc(/C=C2/NC(=O)N(c3cccc(Cl)c3)C2=O)cc(Cl)c1OCc1cccc(C)c1. The number of urea groups is 1. The Balaban J connectivity index is 1.60. The maximum absolute atomic E-state index is 12.9. The van der Waals surface area contributed by atoms with Gasteiger partial charge in [0.1, 0.15) is 12.3 Å². The highest BCUT2D eigenvalue weighted by Gasteiger charge is 2.35. The van der Waals surface area contributed by atoms with E-state index in [0.29, 0.717) is 46.0 Å². The molecule has 1 aliphatic rings. The second-order valence-electron chi connectivity index (χ2n) is 7.65. The number of halogens is 2. The molecule has 1 heterocycles. The lowest BCUT2D eigenvalue weighted by Crippen LogP contribution is -2.30. The van der Waals surface area contributed by atoms with Crippen LogP contribution in [0.15, 0.2) is 66.4 Å². The van der Waals surface area contributed by atoms with Crippen molar-refractivity contribution in [3.8, 4) is 11.5 Å². The summed E-state index contributed by atoms with van der Waals surface area (Å²) >= 11 is 12.5. The number of imide groups is 1. The van der Waals surface area contributed by atoms with Gasteiger partial charge in [-0.05, 0) is 61.4 Å². The van der Waals surface area contributed by atoms with Crippen LogP contribution in [-0.2, 0) is 11.4 Å². The van der Waals surface area contributed by atoms with Gasteiger partial charge in [0, 0.05) is 5.02 Å². The Hall–Kier alpha value is -3.48. The van der Waals surface area contributed by atoms with Crippen molar-refractivity contribution in [1.29, 1.82) is 0 Å². The Morgan fingerprint density at radius 1 is 1.00 bits per heavy atom. The molecule has 1 N–H and O–H groups in total. The monoisotopic (exact) mass is 496 g/mol. The molecule has 0 aromatic heterocycles. The average Bonchev–Trinajstić information content (AvgIpc) is 3.06. The minimum Gasteiger partial charge on any atom is -0.490 e. The first-order valence-electron chi connectivity index (χ1n) is 10.6. The van der Waals surface area contributed by atoms with Gasteiger partial charge in [-0.3, -0.25) is 4.79 Å². The van der Waals surface area contributed by atoms with E-state index in [-0.39, 0.29) is 5.70 Å². The summed E-state index contributed by atoms with van der Waals surface area (Å²) in [5.74, 6) is 0.355. The van der Waals surface area contributed by atoms with Crippen LogP contribution in [0.3, 0.4) is 0 Å². The molecule has 0 saturated carbocycles. The molecule has 1 saturated heterocycles. The normalized spacial score (nSPS) is 14.5. The number of nitrogens with zero attached hydrogens (tertiary/aromatic N) is 1. The molecule has 3 aromatic carbocycles. The number of rotatable bonds is 7. The predicted octanol–water partition coefficient (Wildman–Crippen LogP) is 6.38. The lowest BCUT2D eigenvalue weighted by Gasteiger charge is -2.15. The molecule has 174 valence electrons. The van der Waals surface area contributed by atoms with Crippen LogP contribution in [-0.4, -0.2) is 18.5 Å². The van der Waals surface area contributed by atoms with Gasteiger partial charge in [-0.1, -0.05) is 59.1 Å². The number of hydrogen-bond acceptors (Lipinski definition) is 4. The maximum Gasteiger partial charge on any atom is 0.333 e. The van der Waals surface area contributed by atoms with E-state index in [1.54, 1.807) is 42.5 Å². The molecule has 3 aromatic rings. The molecule has 0 aliphatic carbocycles. The summed E-state index contributed by atoms with van der Waals surface area (Å²) in [6.07, 6.45) is 1.55. The van der Waals surface area contributed by atoms with Crippen molar-refractivity contribution in [2.24, 2.45) is 0 Å². The molecule has 1 aliphatic heterocycles. The van der Waals surface area contributed by atoms with Crippen molar-refractivity contribution in [1.82, 2.24) is 5.32 Å². The van der Waals surface area contributed by atoms with Crippen LogP contribution >= 0.6 is 23.2 Å². The van der Waals surface area contributed by atoms with Gasteiger partial charge in [0.05, 0.1) is 17.3 Å². The molecule has 8 heteroatoms. The van der Waals surface area contributed by atoms with E-state index in [0.717, 1.165) is 16.0 Å². The lowest BCUT2D eigenvalue weighted by atomic mass is 10.1. The fourth-order valence-electron chi connectivity index (χ4n) is 3.58. The van der Waals surface area contributed by atoms with E-state index >= 15 is 0 Å². The van der Waals surface area contributed by atoms with Crippen LogP contribution in [0.5, 0.6) is 11.5 Å². The molecule has 34 heavy (non-hydrogen) atoms. The van der Waals surface area contributed by atoms with Gasteiger partial charge >= 0.3 is 6.03 Å². The molecule has 0 bridgehead atoms. The summed E-state index contributed by atoms with van der Waals surface area (Å²) in [6, 6.07) is 17.3. The Morgan fingerprint density at radius 2 is 1.79 bits per heavy atom. The van der Waals surface area contributed by atoms with Crippen molar-refractivity contribution in [3.63, 3.8) is 0 Å². The number of carbonyl (C=O) groups is 2. The van der Waals surface area contributed by atoms with Crippen LogP contribution in [0.2, 0.25) is 10.0 Å². The molecule has 6 nitrogen and oxygen atoms in total. The van der Waals surface area contributed by atoms with Gasteiger partial charge in [-0.2, -0.15) is 0 Å². The number of carbonyl (C=O) groups excluding carboxylic acids is 2. The van der Waals surface area contributed by atoms with Gasteiger partial charge in [0.15, 0.2) is 11.5 Å². The van der Waals surface area contributed by atoms with E-state index in [1.807, 2.05) is 38.1 Å². The van der Waals surface area contributed by atoms with Crippen molar-refractivity contribution < 1.29 is 19.1 Å². The fourth-order valence-corrected chi connectivity index (χ4v) is 4.04. The molecule has 3 amide bonds. The first-order valence-corrected chi connectivity index (χ1v) is 11.4. The van der Waals surface area contributed by atoms with E-state index in [1.165, 1.54) is 0 Å². The highest BCUT2D eigenvalue weighted by atomic mass is 35.5.